The van der Waals surface area contributed by atoms with Crippen LogP contribution in [0.2, 0.25) is 0 Å². The van der Waals surface area contributed by atoms with Gasteiger partial charge in [-0.1, -0.05) is 47.3 Å². The first kappa shape index (κ1) is 12.9. The number of thiocarbonyl (C=S) groups is 1. The molecule has 0 N–H and O–H groups in total. The molecule has 1 nitrogen and oxygen atoms in total. The lowest BCUT2D eigenvalue weighted by Gasteiger charge is -2.27. The van der Waals surface area contributed by atoms with E-state index in [-0.39, 0.29) is 6.04 Å². The van der Waals surface area contributed by atoms with E-state index in [1.54, 1.807) is 0 Å². The molecule has 0 saturated heterocycles. The molecule has 0 aliphatic heterocycles. The molecule has 3 heteroatoms. The quantitative estimate of drug-likeness (QED) is 0.554. The van der Waals surface area contributed by atoms with Crippen LogP contribution in [0.1, 0.15) is 43.7 Å². The molecule has 1 aliphatic rings. The lowest BCUT2D eigenvalue weighted by atomic mass is 9.81. The van der Waals surface area contributed by atoms with Crippen molar-refractivity contribution in [3.05, 3.63) is 34.3 Å². The average molecular weight is 310 g/mol. The van der Waals surface area contributed by atoms with Crippen molar-refractivity contribution in [2.24, 2.45) is 10.9 Å². The Kier molecular flexibility index (Phi) is 4.90. The molecule has 0 amide bonds. The van der Waals surface area contributed by atoms with Crippen LogP contribution in [0.4, 0.5) is 0 Å². The molecule has 0 heterocycles. The minimum absolute atomic E-state index is 0.199. The number of nitrogens with zero attached hydrogens (tertiary/aromatic N) is 1. The first-order valence-electron chi connectivity index (χ1n) is 6.13. The molecule has 0 radical (unpaired) electrons. The summed E-state index contributed by atoms with van der Waals surface area (Å²) in [5, 5.41) is 2.58. The summed E-state index contributed by atoms with van der Waals surface area (Å²) >= 11 is 8.32. The number of halogens is 1. The Labute approximate surface area is 116 Å². The van der Waals surface area contributed by atoms with Crippen molar-refractivity contribution in [3.63, 3.8) is 0 Å². The zero-order chi connectivity index (χ0) is 12.1. The normalized spacial score (nSPS) is 18.4. The van der Waals surface area contributed by atoms with Gasteiger partial charge in [0.1, 0.15) is 0 Å². The van der Waals surface area contributed by atoms with Crippen LogP contribution in [0.5, 0.6) is 0 Å². The molecule has 0 bridgehead atoms. The average Bonchev–Trinajstić information content (AvgIpc) is 2.37. The topological polar surface area (TPSA) is 12.4 Å². The van der Waals surface area contributed by atoms with Crippen molar-refractivity contribution in [1.82, 2.24) is 0 Å². The maximum atomic E-state index is 4.80. The van der Waals surface area contributed by atoms with E-state index >= 15 is 0 Å². The second kappa shape index (κ2) is 6.44. The van der Waals surface area contributed by atoms with E-state index in [1.165, 1.54) is 37.7 Å². The van der Waals surface area contributed by atoms with Crippen molar-refractivity contribution in [2.45, 2.75) is 38.1 Å². The highest BCUT2D eigenvalue weighted by molar-refractivity contribution is 9.10. The summed E-state index contributed by atoms with van der Waals surface area (Å²) in [6, 6.07) is 8.59. The molecule has 90 valence electrons. The largest absolute Gasteiger partial charge is 0.224 e. The standard InChI is InChI=1S/C14H16BrNS/c15-13-8-4-7-12(9-13)14(16-10-17)11-5-2-1-3-6-11/h4,7-9,11,14H,1-3,5-6H2. The van der Waals surface area contributed by atoms with Crippen LogP contribution in [-0.4, -0.2) is 5.16 Å². The van der Waals surface area contributed by atoms with Gasteiger partial charge in [-0.3, -0.25) is 0 Å². The zero-order valence-electron chi connectivity index (χ0n) is 9.73. The molecule has 2 rings (SSSR count). The maximum Gasteiger partial charge on any atom is 0.0880 e. The lowest BCUT2D eigenvalue weighted by Crippen LogP contribution is -2.14. The number of rotatable bonds is 3. The Morgan fingerprint density at radius 1 is 1.29 bits per heavy atom. The summed E-state index contributed by atoms with van der Waals surface area (Å²) < 4.78 is 1.11. The molecule has 17 heavy (non-hydrogen) atoms. The fraction of sp³-hybridized carbons (Fsp3) is 0.500. The van der Waals surface area contributed by atoms with Gasteiger partial charge in [0.05, 0.1) is 11.2 Å². The first-order valence-corrected chi connectivity index (χ1v) is 7.34. The second-order valence-corrected chi connectivity index (χ2v) is 5.72. The third-order valence-corrected chi connectivity index (χ3v) is 4.08. The molecular weight excluding hydrogens is 294 g/mol. The number of aliphatic imine (C=N–C) groups is 1. The maximum absolute atomic E-state index is 4.80. The summed E-state index contributed by atoms with van der Waals surface area (Å²) in [7, 11) is 0. The van der Waals surface area contributed by atoms with Gasteiger partial charge in [0, 0.05) is 4.47 Å². The van der Waals surface area contributed by atoms with Gasteiger partial charge in [-0.25, -0.2) is 4.99 Å². The highest BCUT2D eigenvalue weighted by atomic mass is 79.9. The minimum Gasteiger partial charge on any atom is -0.224 e. The number of hydrogen-bond donors (Lipinski definition) is 0. The first-order chi connectivity index (χ1) is 8.31. The number of hydrogen-bond acceptors (Lipinski definition) is 2. The summed E-state index contributed by atoms with van der Waals surface area (Å²) in [6.45, 7) is 0. The second-order valence-electron chi connectivity index (χ2n) is 4.62. The summed E-state index contributed by atoms with van der Waals surface area (Å²) in [5.74, 6) is 0.633. The predicted octanol–water partition coefficient (Wildman–Crippen LogP) is 5.17. The van der Waals surface area contributed by atoms with E-state index < -0.39 is 0 Å². The van der Waals surface area contributed by atoms with Crippen LogP contribution >= 0.6 is 28.1 Å². The van der Waals surface area contributed by atoms with Crippen molar-refractivity contribution >= 4 is 33.3 Å². The SMILES string of the molecule is S=C=NC(c1cccc(Br)c1)C1CCCCC1. The summed E-state index contributed by atoms with van der Waals surface area (Å²) in [5.41, 5.74) is 1.25. The molecule has 1 aromatic carbocycles. The molecule has 1 aliphatic carbocycles. The van der Waals surface area contributed by atoms with Crippen molar-refractivity contribution < 1.29 is 0 Å². The zero-order valence-corrected chi connectivity index (χ0v) is 12.1. The van der Waals surface area contributed by atoms with Crippen LogP contribution in [0.3, 0.4) is 0 Å². The monoisotopic (exact) mass is 309 g/mol. The van der Waals surface area contributed by atoms with Gasteiger partial charge in [-0.05, 0) is 48.7 Å². The highest BCUT2D eigenvalue weighted by Gasteiger charge is 2.24. The minimum atomic E-state index is 0.199. The van der Waals surface area contributed by atoms with E-state index in [2.05, 4.69) is 44.3 Å². The third-order valence-electron chi connectivity index (χ3n) is 3.48. The Balaban J connectivity index is 2.24. The molecule has 1 aromatic rings. The van der Waals surface area contributed by atoms with E-state index in [9.17, 15) is 0 Å². The third kappa shape index (κ3) is 3.48. The Morgan fingerprint density at radius 3 is 2.71 bits per heavy atom. The Hall–Kier alpha value is -0.500. The molecule has 0 spiro atoms. The fourth-order valence-corrected chi connectivity index (χ4v) is 3.18. The van der Waals surface area contributed by atoms with Gasteiger partial charge in [-0.2, -0.15) is 0 Å². The number of isothiocyanates is 1. The Morgan fingerprint density at radius 2 is 2.06 bits per heavy atom. The molecule has 1 unspecified atom stereocenters. The number of benzene rings is 1. The smallest absolute Gasteiger partial charge is 0.0880 e. The van der Waals surface area contributed by atoms with Crippen LogP contribution in [-0.2, 0) is 0 Å². The Bertz CT molecular complexity index is 420. The summed E-state index contributed by atoms with van der Waals surface area (Å²) in [4.78, 5) is 4.40. The van der Waals surface area contributed by atoms with E-state index in [1.807, 2.05) is 6.07 Å². The molecule has 1 atom stereocenters. The van der Waals surface area contributed by atoms with Gasteiger partial charge < -0.3 is 0 Å². The van der Waals surface area contributed by atoms with Crippen molar-refractivity contribution in [2.75, 3.05) is 0 Å². The van der Waals surface area contributed by atoms with Crippen LogP contribution < -0.4 is 0 Å². The molecule has 0 aromatic heterocycles. The van der Waals surface area contributed by atoms with Gasteiger partial charge in [0.2, 0.25) is 0 Å². The van der Waals surface area contributed by atoms with Gasteiger partial charge in [0.15, 0.2) is 0 Å². The van der Waals surface area contributed by atoms with E-state index in [0.29, 0.717) is 5.92 Å². The van der Waals surface area contributed by atoms with Crippen LogP contribution in [0.15, 0.2) is 33.7 Å². The fourth-order valence-electron chi connectivity index (χ4n) is 2.65. The van der Waals surface area contributed by atoms with Gasteiger partial charge >= 0.3 is 0 Å². The van der Waals surface area contributed by atoms with Gasteiger partial charge in [0.25, 0.3) is 0 Å². The van der Waals surface area contributed by atoms with E-state index in [0.717, 1.165) is 4.47 Å². The van der Waals surface area contributed by atoms with Gasteiger partial charge in [-0.15, -0.1) is 0 Å². The van der Waals surface area contributed by atoms with Crippen molar-refractivity contribution in [3.8, 4) is 0 Å². The highest BCUT2D eigenvalue weighted by Crippen LogP contribution is 2.37. The molecular formula is C14H16BrNS. The predicted molar refractivity (Wildman–Crippen MR) is 78.5 cm³/mol. The van der Waals surface area contributed by atoms with E-state index in [4.69, 9.17) is 12.2 Å². The van der Waals surface area contributed by atoms with Crippen LogP contribution in [0.25, 0.3) is 0 Å². The summed E-state index contributed by atoms with van der Waals surface area (Å²) in [6.07, 6.45) is 6.53. The van der Waals surface area contributed by atoms with Crippen LogP contribution in [0, 0.1) is 5.92 Å². The molecule has 1 saturated carbocycles. The van der Waals surface area contributed by atoms with Crippen molar-refractivity contribution in [1.29, 1.82) is 0 Å². The molecule has 1 fully saturated rings. The lowest BCUT2D eigenvalue weighted by molar-refractivity contribution is 0.310.